The van der Waals surface area contributed by atoms with Gasteiger partial charge in [0, 0.05) is 52.9 Å². The Labute approximate surface area is 275 Å². The van der Waals surface area contributed by atoms with Crippen molar-refractivity contribution in [1.82, 2.24) is 4.90 Å². The minimum Gasteiger partial charge on any atom is -0.493 e. The van der Waals surface area contributed by atoms with Gasteiger partial charge in [-0.05, 0) is 64.6 Å². The summed E-state index contributed by atoms with van der Waals surface area (Å²) in [6, 6.07) is 21.4. The maximum atomic E-state index is 14.2. The van der Waals surface area contributed by atoms with Gasteiger partial charge in [-0.3, -0.25) is 9.59 Å². The number of methoxy groups -OCH3 is 1. The van der Waals surface area contributed by atoms with Crippen molar-refractivity contribution < 1.29 is 19.1 Å². The second kappa shape index (κ2) is 12.0. The first-order chi connectivity index (χ1) is 21.4. The maximum absolute atomic E-state index is 14.2. The number of nitrogens with zero attached hydrogens (tertiary/aromatic N) is 1. The van der Waals surface area contributed by atoms with E-state index in [4.69, 9.17) is 32.7 Å². The summed E-state index contributed by atoms with van der Waals surface area (Å²) in [5.41, 5.74) is 5.81. The van der Waals surface area contributed by atoms with Crippen molar-refractivity contribution in [3.8, 4) is 11.5 Å². The highest BCUT2D eigenvalue weighted by molar-refractivity contribution is 6.32. The highest BCUT2D eigenvalue weighted by Gasteiger charge is 2.49. The number of hydrogen-bond donors (Lipinski definition) is 0. The summed E-state index contributed by atoms with van der Waals surface area (Å²) in [4.78, 5) is 30.7. The molecule has 0 amide bonds. The number of halogens is 2. The molecule has 0 spiro atoms. The van der Waals surface area contributed by atoms with Crippen molar-refractivity contribution in [3.05, 3.63) is 116 Å². The highest BCUT2D eigenvalue weighted by atomic mass is 35.5. The van der Waals surface area contributed by atoms with Crippen molar-refractivity contribution in [1.29, 1.82) is 0 Å². The molecule has 5 nitrogen and oxygen atoms in total. The fourth-order valence-corrected chi connectivity index (χ4v) is 7.52. The summed E-state index contributed by atoms with van der Waals surface area (Å²) in [6.45, 7) is 9.47. The van der Waals surface area contributed by atoms with Crippen LogP contribution >= 0.6 is 23.2 Å². The van der Waals surface area contributed by atoms with Gasteiger partial charge in [-0.25, -0.2) is 0 Å². The lowest BCUT2D eigenvalue weighted by Gasteiger charge is -2.49. The van der Waals surface area contributed by atoms with Gasteiger partial charge in [-0.2, -0.15) is 0 Å². The zero-order valence-corrected chi connectivity index (χ0v) is 28.0. The predicted molar refractivity (Wildman–Crippen MR) is 179 cm³/mol. The van der Waals surface area contributed by atoms with Gasteiger partial charge < -0.3 is 14.4 Å². The number of Topliss-reactive ketones (excluding diaryl/α,β-unsaturated/α-hetero) is 2. The number of ketones is 2. The number of hydrogen-bond acceptors (Lipinski definition) is 5. The van der Waals surface area contributed by atoms with E-state index >= 15 is 0 Å². The smallest absolute Gasteiger partial charge is 0.180 e. The average molecular weight is 645 g/mol. The van der Waals surface area contributed by atoms with Gasteiger partial charge in [0.2, 0.25) is 0 Å². The van der Waals surface area contributed by atoms with Gasteiger partial charge in [0.1, 0.15) is 6.61 Å². The van der Waals surface area contributed by atoms with Crippen molar-refractivity contribution in [2.45, 2.75) is 72.4 Å². The minimum absolute atomic E-state index is 0.0756. The molecule has 45 heavy (non-hydrogen) atoms. The Balaban J connectivity index is 1.50. The molecule has 1 aliphatic heterocycles. The zero-order chi connectivity index (χ0) is 32.1. The quantitative estimate of drug-likeness (QED) is 0.257. The fourth-order valence-electron chi connectivity index (χ4n) is 7.12. The Kier molecular flexibility index (Phi) is 8.38. The number of allylic oxidation sites excluding steroid dienone is 4. The second-order valence-electron chi connectivity index (χ2n) is 14.1. The Morgan fingerprint density at radius 2 is 1.36 bits per heavy atom. The van der Waals surface area contributed by atoms with Crippen molar-refractivity contribution in [3.63, 3.8) is 0 Å². The van der Waals surface area contributed by atoms with Gasteiger partial charge >= 0.3 is 0 Å². The van der Waals surface area contributed by atoms with Gasteiger partial charge in [0.05, 0.1) is 12.1 Å². The van der Waals surface area contributed by atoms with Crippen LogP contribution in [-0.4, -0.2) is 23.6 Å². The summed E-state index contributed by atoms with van der Waals surface area (Å²) >= 11 is 13.0. The molecular weight excluding hydrogens is 605 g/mol. The van der Waals surface area contributed by atoms with Crippen LogP contribution in [0.2, 0.25) is 10.0 Å². The van der Waals surface area contributed by atoms with Gasteiger partial charge in [-0.1, -0.05) is 93.4 Å². The standard InChI is InChI=1S/C38H39Cl2NO4/c1-37(2)17-28-34(30(42)19-37)33(25-15-27(40)36(32(16-25)44-5)45-22-24-11-13-26(39)14-12-24)35-29(18-38(3,4)20-31(35)43)41(28)21-23-9-7-6-8-10-23/h6-16,33H,17-22H2,1-5H3. The molecule has 3 aliphatic rings. The molecule has 2 aliphatic carbocycles. The SMILES string of the molecule is COc1cc(C2C3=C(CC(C)(C)CC3=O)N(Cc3ccccc3)C3=C2C(=O)CC(C)(C)C3)cc(Cl)c1OCc1ccc(Cl)cc1. The third kappa shape index (κ3) is 6.30. The summed E-state index contributed by atoms with van der Waals surface area (Å²) in [5.74, 6) is 0.480. The molecule has 0 N–H and O–H groups in total. The highest BCUT2D eigenvalue weighted by Crippen LogP contribution is 2.55. The second-order valence-corrected chi connectivity index (χ2v) is 14.9. The first-order valence-corrected chi connectivity index (χ1v) is 16.2. The lowest BCUT2D eigenvalue weighted by Crippen LogP contribution is -2.44. The number of carbonyl (C=O) groups excluding carboxylic acids is 2. The number of carbonyl (C=O) groups is 2. The van der Waals surface area contributed by atoms with Crippen LogP contribution in [0.3, 0.4) is 0 Å². The van der Waals surface area contributed by atoms with E-state index < -0.39 is 5.92 Å². The average Bonchev–Trinajstić information content (AvgIpc) is 2.97. The predicted octanol–water partition coefficient (Wildman–Crippen LogP) is 9.47. The zero-order valence-electron chi connectivity index (χ0n) is 26.5. The van der Waals surface area contributed by atoms with E-state index in [0.717, 1.165) is 40.9 Å². The molecule has 234 valence electrons. The molecule has 0 aromatic heterocycles. The van der Waals surface area contributed by atoms with Crippen molar-refractivity contribution in [2.24, 2.45) is 10.8 Å². The van der Waals surface area contributed by atoms with Crippen LogP contribution in [0.25, 0.3) is 0 Å². The molecular formula is C38H39Cl2NO4. The summed E-state index contributed by atoms with van der Waals surface area (Å²) in [6.07, 6.45) is 2.29. The molecule has 3 aromatic rings. The van der Waals surface area contributed by atoms with Crippen molar-refractivity contribution >= 4 is 34.8 Å². The van der Waals surface area contributed by atoms with E-state index in [0.29, 0.717) is 52.1 Å². The van der Waals surface area contributed by atoms with Crippen LogP contribution in [0.15, 0.2) is 89.3 Å². The molecule has 0 bridgehead atoms. The summed E-state index contributed by atoms with van der Waals surface area (Å²) in [5, 5.41) is 1.01. The van der Waals surface area contributed by atoms with E-state index in [1.165, 1.54) is 0 Å². The number of rotatable bonds is 7. The van der Waals surface area contributed by atoms with Crippen LogP contribution < -0.4 is 9.47 Å². The molecule has 0 fully saturated rings. The largest absolute Gasteiger partial charge is 0.493 e. The third-order valence-corrected chi connectivity index (χ3v) is 9.62. The molecule has 3 aromatic carbocycles. The monoisotopic (exact) mass is 643 g/mol. The lowest BCUT2D eigenvalue weighted by atomic mass is 9.63. The van der Waals surface area contributed by atoms with Crippen LogP contribution in [0.1, 0.15) is 76.0 Å². The summed E-state index contributed by atoms with van der Waals surface area (Å²) in [7, 11) is 1.57. The van der Waals surface area contributed by atoms with E-state index in [1.807, 2.05) is 54.6 Å². The summed E-state index contributed by atoms with van der Waals surface area (Å²) < 4.78 is 12.0. The number of benzene rings is 3. The Morgan fingerprint density at radius 3 is 1.91 bits per heavy atom. The van der Waals surface area contributed by atoms with Crippen LogP contribution in [-0.2, 0) is 22.7 Å². The molecule has 0 radical (unpaired) electrons. The molecule has 0 saturated heterocycles. The van der Waals surface area contributed by atoms with Gasteiger partial charge in [0.25, 0.3) is 0 Å². The molecule has 0 unspecified atom stereocenters. The maximum Gasteiger partial charge on any atom is 0.180 e. The van der Waals surface area contributed by atoms with E-state index in [2.05, 4.69) is 44.7 Å². The molecule has 6 rings (SSSR count). The van der Waals surface area contributed by atoms with E-state index in [1.54, 1.807) is 7.11 Å². The number of ether oxygens (including phenoxy) is 2. The minimum atomic E-state index is -0.536. The first-order valence-electron chi connectivity index (χ1n) is 15.4. The van der Waals surface area contributed by atoms with E-state index in [9.17, 15) is 9.59 Å². The Morgan fingerprint density at radius 1 is 0.778 bits per heavy atom. The lowest BCUT2D eigenvalue weighted by molar-refractivity contribution is -0.119. The molecule has 0 saturated carbocycles. The van der Waals surface area contributed by atoms with Crippen LogP contribution in [0, 0.1) is 10.8 Å². The third-order valence-electron chi connectivity index (χ3n) is 9.09. The van der Waals surface area contributed by atoms with Crippen LogP contribution in [0.4, 0.5) is 0 Å². The Bertz CT molecular complexity index is 1670. The van der Waals surface area contributed by atoms with Crippen molar-refractivity contribution in [2.75, 3.05) is 7.11 Å². The molecule has 7 heteroatoms. The fraction of sp³-hybridized carbons (Fsp3) is 0.368. The molecule has 0 atom stereocenters. The molecule has 1 heterocycles. The van der Waals surface area contributed by atoms with Gasteiger partial charge in [0.15, 0.2) is 23.1 Å². The van der Waals surface area contributed by atoms with Gasteiger partial charge in [-0.15, -0.1) is 0 Å². The normalized spacial score (nSPS) is 19.4. The Hall–Kier alpha value is -3.54. The van der Waals surface area contributed by atoms with E-state index in [-0.39, 0.29) is 29.0 Å². The topological polar surface area (TPSA) is 55.8 Å². The first kappa shape index (κ1) is 31.4. The van der Waals surface area contributed by atoms with Crippen LogP contribution in [0.5, 0.6) is 11.5 Å².